The number of amides is 1. The number of aromatic nitrogens is 1. The molecule has 1 fully saturated rings. The van der Waals surface area contributed by atoms with Gasteiger partial charge in [0, 0.05) is 22.8 Å². The smallest absolute Gasteiger partial charge is 0.256 e. The molecule has 0 saturated carbocycles. The van der Waals surface area contributed by atoms with E-state index in [2.05, 4.69) is 4.98 Å². The van der Waals surface area contributed by atoms with Crippen molar-refractivity contribution in [1.82, 2.24) is 9.88 Å². The van der Waals surface area contributed by atoms with Gasteiger partial charge in [0.05, 0.1) is 24.3 Å². The molecule has 5 heteroatoms. The Hall–Kier alpha value is -2.01. The van der Waals surface area contributed by atoms with Crippen LogP contribution >= 0.6 is 0 Å². The van der Waals surface area contributed by atoms with Gasteiger partial charge >= 0.3 is 0 Å². The second-order valence-electron chi connectivity index (χ2n) is 5.25. The van der Waals surface area contributed by atoms with Crippen LogP contribution in [0.15, 0.2) is 24.4 Å². The molecule has 1 aliphatic heterocycles. The van der Waals surface area contributed by atoms with Crippen LogP contribution in [-0.2, 0) is 0 Å². The summed E-state index contributed by atoms with van der Waals surface area (Å²) in [6.45, 7) is 2.74. The highest BCUT2D eigenvalue weighted by Crippen LogP contribution is 2.28. The van der Waals surface area contributed by atoms with Gasteiger partial charge < -0.3 is 20.7 Å². The molecule has 1 amide bonds. The van der Waals surface area contributed by atoms with E-state index in [1.807, 2.05) is 19.1 Å². The number of nitrogens with one attached hydrogen (secondary N) is 1. The van der Waals surface area contributed by atoms with E-state index in [9.17, 15) is 9.90 Å². The van der Waals surface area contributed by atoms with Gasteiger partial charge in [-0.15, -0.1) is 0 Å². The molecule has 100 valence electrons. The van der Waals surface area contributed by atoms with Crippen molar-refractivity contribution in [3.05, 3.63) is 30.0 Å². The summed E-state index contributed by atoms with van der Waals surface area (Å²) in [6.07, 6.45) is 2.37. The van der Waals surface area contributed by atoms with Crippen LogP contribution < -0.4 is 5.73 Å². The number of benzene rings is 1. The van der Waals surface area contributed by atoms with E-state index in [-0.39, 0.29) is 5.91 Å². The lowest BCUT2D eigenvalue weighted by Crippen LogP contribution is -2.63. The molecule has 3 rings (SSSR count). The summed E-state index contributed by atoms with van der Waals surface area (Å²) in [6, 6.07) is 5.44. The number of carbonyl (C=O) groups excluding carboxylic acids is 1. The molecule has 0 atom stereocenters. The van der Waals surface area contributed by atoms with Crippen LogP contribution in [-0.4, -0.2) is 39.6 Å². The lowest BCUT2D eigenvalue weighted by atomic mass is 9.90. The van der Waals surface area contributed by atoms with Gasteiger partial charge in [-0.2, -0.15) is 0 Å². The molecule has 2 heterocycles. The largest absolute Gasteiger partial charge is 0.399 e. The Labute approximate surface area is 111 Å². The Morgan fingerprint density at radius 2 is 2.26 bits per heavy atom. The third kappa shape index (κ3) is 1.86. The van der Waals surface area contributed by atoms with Gasteiger partial charge in [0.2, 0.25) is 0 Å². The third-order valence-electron chi connectivity index (χ3n) is 3.85. The molecular formula is C14H17N3O2. The Bertz CT molecular complexity index is 641. The van der Waals surface area contributed by atoms with Gasteiger partial charge in [0.1, 0.15) is 0 Å². The maximum Gasteiger partial charge on any atom is 0.256 e. The average Bonchev–Trinajstić information content (AvgIpc) is 2.77. The first-order valence-corrected chi connectivity index (χ1v) is 6.41. The maximum absolute atomic E-state index is 12.4. The number of nitrogens with two attached hydrogens (primary N) is 1. The standard InChI is InChI=1S/C14H17N3O2/c1-2-14(19)7-17(8-14)13(18)11-6-16-12-5-9(15)3-4-10(11)12/h3-6,16,19H,2,7-8,15H2,1H3. The SMILES string of the molecule is CCC1(O)CN(C(=O)c2c[nH]c3cc(N)ccc23)C1. The van der Waals surface area contributed by atoms with Crippen molar-refractivity contribution in [3.8, 4) is 0 Å². The topological polar surface area (TPSA) is 82.3 Å². The highest BCUT2D eigenvalue weighted by Gasteiger charge is 2.42. The fourth-order valence-corrected chi connectivity index (χ4v) is 2.52. The van der Waals surface area contributed by atoms with Gasteiger partial charge in [-0.05, 0) is 24.6 Å². The first kappa shape index (κ1) is 12.0. The quantitative estimate of drug-likeness (QED) is 0.712. The zero-order chi connectivity index (χ0) is 13.6. The summed E-state index contributed by atoms with van der Waals surface area (Å²) in [4.78, 5) is 17.1. The molecule has 2 aromatic rings. The minimum absolute atomic E-state index is 0.0471. The van der Waals surface area contributed by atoms with Gasteiger partial charge in [-0.3, -0.25) is 4.79 Å². The summed E-state index contributed by atoms with van der Waals surface area (Å²) in [5.74, 6) is -0.0471. The first-order valence-electron chi connectivity index (χ1n) is 6.41. The predicted octanol–water partition coefficient (Wildman–Crippen LogP) is 1.35. The molecule has 1 aromatic carbocycles. The highest BCUT2D eigenvalue weighted by molar-refractivity contribution is 6.07. The normalized spacial score (nSPS) is 17.5. The number of aliphatic hydroxyl groups is 1. The minimum Gasteiger partial charge on any atom is -0.399 e. The molecule has 0 aliphatic carbocycles. The molecule has 0 spiro atoms. The predicted molar refractivity (Wildman–Crippen MR) is 73.9 cm³/mol. The van der Waals surface area contributed by atoms with Crippen molar-refractivity contribution in [2.24, 2.45) is 0 Å². The zero-order valence-electron chi connectivity index (χ0n) is 10.8. The second kappa shape index (κ2) is 3.99. The van der Waals surface area contributed by atoms with Gasteiger partial charge in [0.25, 0.3) is 5.91 Å². The van der Waals surface area contributed by atoms with E-state index in [1.165, 1.54) is 0 Å². The molecule has 0 unspecified atom stereocenters. The number of nitrogen functional groups attached to an aromatic ring is 1. The number of aromatic amines is 1. The van der Waals surface area contributed by atoms with Gasteiger partial charge in [-0.1, -0.05) is 6.92 Å². The fourth-order valence-electron chi connectivity index (χ4n) is 2.52. The molecule has 1 saturated heterocycles. The van der Waals surface area contributed by atoms with Crippen LogP contribution in [0.2, 0.25) is 0 Å². The monoisotopic (exact) mass is 259 g/mol. The molecular weight excluding hydrogens is 242 g/mol. The molecule has 1 aromatic heterocycles. The Kier molecular flexibility index (Phi) is 2.53. The number of β-amino-alcohol motifs (C(OH)–C–C–N with tert-alkyl or cyclic N) is 1. The van der Waals surface area contributed by atoms with Crippen LogP contribution in [0.3, 0.4) is 0 Å². The lowest BCUT2D eigenvalue weighted by molar-refractivity contribution is -0.0825. The number of fused-ring (bicyclic) bond motifs is 1. The van der Waals surface area contributed by atoms with Gasteiger partial charge in [0.15, 0.2) is 0 Å². The Balaban J connectivity index is 1.87. The lowest BCUT2D eigenvalue weighted by Gasteiger charge is -2.46. The molecule has 4 N–H and O–H groups in total. The second-order valence-corrected chi connectivity index (χ2v) is 5.25. The molecule has 0 bridgehead atoms. The zero-order valence-corrected chi connectivity index (χ0v) is 10.8. The van der Waals surface area contributed by atoms with E-state index in [4.69, 9.17) is 5.73 Å². The number of nitrogens with zero attached hydrogens (tertiary/aromatic N) is 1. The summed E-state index contributed by atoms with van der Waals surface area (Å²) < 4.78 is 0. The van der Waals surface area contributed by atoms with E-state index >= 15 is 0 Å². The number of H-pyrrole nitrogens is 1. The van der Waals surface area contributed by atoms with Crippen molar-refractivity contribution in [3.63, 3.8) is 0 Å². The molecule has 19 heavy (non-hydrogen) atoms. The number of anilines is 1. The molecule has 1 aliphatic rings. The number of carbonyl (C=O) groups is 1. The third-order valence-corrected chi connectivity index (χ3v) is 3.85. The van der Waals surface area contributed by atoms with Crippen molar-refractivity contribution in [1.29, 1.82) is 0 Å². The van der Waals surface area contributed by atoms with E-state index in [1.54, 1.807) is 17.2 Å². The van der Waals surface area contributed by atoms with Crippen LogP contribution in [0.1, 0.15) is 23.7 Å². The van der Waals surface area contributed by atoms with Gasteiger partial charge in [-0.25, -0.2) is 0 Å². The fraction of sp³-hybridized carbons (Fsp3) is 0.357. The van der Waals surface area contributed by atoms with Crippen LogP contribution in [0.5, 0.6) is 0 Å². The van der Waals surface area contributed by atoms with Crippen molar-refractivity contribution < 1.29 is 9.90 Å². The maximum atomic E-state index is 12.4. The number of hydrogen-bond acceptors (Lipinski definition) is 3. The van der Waals surface area contributed by atoms with Crippen LogP contribution in [0, 0.1) is 0 Å². The van der Waals surface area contributed by atoms with Crippen LogP contribution in [0.4, 0.5) is 5.69 Å². The van der Waals surface area contributed by atoms with E-state index < -0.39 is 5.60 Å². The van der Waals surface area contributed by atoms with Crippen LogP contribution in [0.25, 0.3) is 10.9 Å². The minimum atomic E-state index is -0.702. The number of likely N-dealkylation sites (tertiary alicyclic amines) is 1. The van der Waals surface area contributed by atoms with Crippen molar-refractivity contribution in [2.75, 3.05) is 18.8 Å². The number of hydrogen-bond donors (Lipinski definition) is 3. The van der Waals surface area contributed by atoms with Crippen molar-refractivity contribution in [2.45, 2.75) is 18.9 Å². The summed E-state index contributed by atoms with van der Waals surface area (Å²) in [7, 11) is 0. The summed E-state index contributed by atoms with van der Waals surface area (Å²) in [5.41, 5.74) is 7.16. The Morgan fingerprint density at radius 3 is 2.95 bits per heavy atom. The summed E-state index contributed by atoms with van der Waals surface area (Å²) >= 11 is 0. The average molecular weight is 259 g/mol. The number of rotatable bonds is 2. The van der Waals surface area contributed by atoms with Crippen molar-refractivity contribution >= 4 is 22.5 Å². The summed E-state index contributed by atoms with van der Waals surface area (Å²) in [5, 5.41) is 10.8. The highest BCUT2D eigenvalue weighted by atomic mass is 16.3. The Morgan fingerprint density at radius 1 is 1.53 bits per heavy atom. The molecule has 0 radical (unpaired) electrons. The van der Waals surface area contributed by atoms with E-state index in [0.717, 1.165) is 10.9 Å². The first-order chi connectivity index (χ1) is 9.02. The van der Waals surface area contributed by atoms with E-state index in [0.29, 0.717) is 30.8 Å². The molecule has 5 nitrogen and oxygen atoms in total.